The standard InChI is InChI=1S/C12H18ClFN2S/c1-2-6-17-8-10(16-15)7-9-4-3-5-11(13)12(9)14/h3-5,10,16H,2,6-8,15H2,1H3. The molecule has 0 radical (unpaired) electrons. The van der Waals surface area contributed by atoms with Crippen molar-refractivity contribution in [1.82, 2.24) is 5.43 Å². The van der Waals surface area contributed by atoms with Crippen molar-refractivity contribution >= 4 is 23.4 Å². The van der Waals surface area contributed by atoms with Gasteiger partial charge in [0.25, 0.3) is 0 Å². The molecule has 0 saturated heterocycles. The summed E-state index contributed by atoms with van der Waals surface area (Å²) in [5, 5.41) is 0.166. The van der Waals surface area contributed by atoms with E-state index in [1.807, 2.05) is 11.8 Å². The lowest BCUT2D eigenvalue weighted by atomic mass is 10.1. The zero-order chi connectivity index (χ0) is 12.7. The molecule has 0 aliphatic heterocycles. The summed E-state index contributed by atoms with van der Waals surface area (Å²) in [6.07, 6.45) is 1.69. The molecule has 0 bridgehead atoms. The zero-order valence-electron chi connectivity index (χ0n) is 9.88. The van der Waals surface area contributed by atoms with E-state index in [9.17, 15) is 4.39 Å². The highest BCUT2D eigenvalue weighted by atomic mass is 35.5. The minimum Gasteiger partial charge on any atom is -0.271 e. The van der Waals surface area contributed by atoms with Gasteiger partial charge in [0.05, 0.1) is 5.02 Å². The summed E-state index contributed by atoms with van der Waals surface area (Å²) in [4.78, 5) is 0. The largest absolute Gasteiger partial charge is 0.271 e. The molecule has 2 nitrogen and oxygen atoms in total. The molecule has 5 heteroatoms. The second-order valence-electron chi connectivity index (χ2n) is 3.86. The number of hydrogen-bond donors (Lipinski definition) is 2. The van der Waals surface area contributed by atoms with E-state index < -0.39 is 0 Å². The molecule has 0 heterocycles. The Morgan fingerprint density at radius 3 is 2.94 bits per heavy atom. The predicted octanol–water partition coefficient (Wildman–Crippen LogP) is 3.00. The molecule has 0 aliphatic carbocycles. The number of nitrogens with one attached hydrogen (secondary N) is 1. The third-order valence-corrected chi connectivity index (χ3v) is 4.03. The molecule has 1 aromatic carbocycles. The third kappa shape index (κ3) is 4.84. The smallest absolute Gasteiger partial charge is 0.145 e. The molecule has 1 unspecified atom stereocenters. The first-order chi connectivity index (χ1) is 8.19. The van der Waals surface area contributed by atoms with E-state index in [2.05, 4.69) is 12.3 Å². The van der Waals surface area contributed by atoms with Crippen LogP contribution < -0.4 is 11.3 Å². The first kappa shape index (κ1) is 14.8. The third-order valence-electron chi connectivity index (χ3n) is 2.40. The van der Waals surface area contributed by atoms with Gasteiger partial charge in [-0.25, -0.2) is 4.39 Å². The van der Waals surface area contributed by atoms with Crippen molar-refractivity contribution in [1.29, 1.82) is 0 Å². The monoisotopic (exact) mass is 276 g/mol. The molecule has 1 rings (SSSR count). The van der Waals surface area contributed by atoms with E-state index in [0.29, 0.717) is 12.0 Å². The van der Waals surface area contributed by atoms with E-state index >= 15 is 0 Å². The van der Waals surface area contributed by atoms with Gasteiger partial charge in [-0.15, -0.1) is 0 Å². The summed E-state index contributed by atoms with van der Waals surface area (Å²) in [5.74, 6) is 7.10. The SMILES string of the molecule is CCCSCC(Cc1cccc(Cl)c1F)NN. The number of hydrogen-bond acceptors (Lipinski definition) is 3. The Labute approximate surface area is 111 Å². The molecule has 0 amide bonds. The molecule has 17 heavy (non-hydrogen) atoms. The van der Waals surface area contributed by atoms with Crippen LogP contribution in [0.15, 0.2) is 18.2 Å². The van der Waals surface area contributed by atoms with Gasteiger partial charge in [0, 0.05) is 11.8 Å². The van der Waals surface area contributed by atoms with Crippen molar-refractivity contribution in [2.24, 2.45) is 5.84 Å². The van der Waals surface area contributed by atoms with Crippen LogP contribution in [0.5, 0.6) is 0 Å². The Morgan fingerprint density at radius 2 is 2.29 bits per heavy atom. The highest BCUT2D eigenvalue weighted by Gasteiger charge is 2.12. The van der Waals surface area contributed by atoms with Gasteiger partial charge in [-0.3, -0.25) is 11.3 Å². The van der Waals surface area contributed by atoms with Gasteiger partial charge in [0.1, 0.15) is 5.82 Å². The lowest BCUT2D eigenvalue weighted by Crippen LogP contribution is -2.39. The molecular formula is C12H18ClFN2S. The summed E-state index contributed by atoms with van der Waals surface area (Å²) >= 11 is 7.55. The maximum Gasteiger partial charge on any atom is 0.145 e. The van der Waals surface area contributed by atoms with Crippen molar-refractivity contribution in [3.63, 3.8) is 0 Å². The van der Waals surface area contributed by atoms with Gasteiger partial charge < -0.3 is 0 Å². The van der Waals surface area contributed by atoms with E-state index in [-0.39, 0.29) is 16.9 Å². The highest BCUT2D eigenvalue weighted by molar-refractivity contribution is 7.99. The second-order valence-corrected chi connectivity index (χ2v) is 5.41. The fourth-order valence-corrected chi connectivity index (χ4v) is 2.66. The van der Waals surface area contributed by atoms with E-state index in [0.717, 1.165) is 17.9 Å². The summed E-state index contributed by atoms with van der Waals surface area (Å²) in [6.45, 7) is 2.13. The molecule has 0 aromatic heterocycles. The van der Waals surface area contributed by atoms with Crippen LogP contribution in [0.1, 0.15) is 18.9 Å². The van der Waals surface area contributed by atoms with Crippen LogP contribution in [-0.2, 0) is 6.42 Å². The summed E-state index contributed by atoms with van der Waals surface area (Å²) < 4.78 is 13.7. The number of halogens is 2. The van der Waals surface area contributed by atoms with Crippen LogP contribution in [0.25, 0.3) is 0 Å². The van der Waals surface area contributed by atoms with Gasteiger partial charge >= 0.3 is 0 Å². The average Bonchev–Trinajstić information content (AvgIpc) is 2.33. The van der Waals surface area contributed by atoms with Crippen LogP contribution in [0.2, 0.25) is 5.02 Å². The number of benzene rings is 1. The molecule has 0 fully saturated rings. The number of nitrogens with two attached hydrogens (primary N) is 1. The van der Waals surface area contributed by atoms with E-state index in [4.69, 9.17) is 17.4 Å². The van der Waals surface area contributed by atoms with Crippen LogP contribution in [0.3, 0.4) is 0 Å². The Hall–Kier alpha value is -0.290. The Bertz CT molecular complexity index is 349. The lowest BCUT2D eigenvalue weighted by molar-refractivity contribution is 0.547. The Morgan fingerprint density at radius 1 is 1.53 bits per heavy atom. The van der Waals surface area contributed by atoms with Gasteiger partial charge in [0.15, 0.2) is 0 Å². The van der Waals surface area contributed by atoms with Crippen LogP contribution in [0.4, 0.5) is 4.39 Å². The molecule has 96 valence electrons. The molecule has 1 atom stereocenters. The van der Waals surface area contributed by atoms with Crippen LogP contribution in [-0.4, -0.2) is 17.5 Å². The summed E-state index contributed by atoms with van der Waals surface area (Å²) in [7, 11) is 0. The van der Waals surface area contributed by atoms with Crippen molar-refractivity contribution in [2.45, 2.75) is 25.8 Å². The lowest BCUT2D eigenvalue weighted by Gasteiger charge is -2.16. The van der Waals surface area contributed by atoms with Crippen LogP contribution >= 0.6 is 23.4 Å². The van der Waals surface area contributed by atoms with Crippen molar-refractivity contribution in [2.75, 3.05) is 11.5 Å². The van der Waals surface area contributed by atoms with Crippen molar-refractivity contribution < 1.29 is 4.39 Å². The molecular weight excluding hydrogens is 259 g/mol. The summed E-state index contributed by atoms with van der Waals surface area (Å²) in [6, 6.07) is 5.13. The van der Waals surface area contributed by atoms with Gasteiger partial charge in [-0.2, -0.15) is 11.8 Å². The normalized spacial score (nSPS) is 12.7. The first-order valence-corrected chi connectivity index (χ1v) is 7.19. The Kier molecular flexibility index (Phi) is 6.89. The minimum absolute atomic E-state index is 0.0690. The minimum atomic E-state index is -0.338. The van der Waals surface area contributed by atoms with Crippen molar-refractivity contribution in [3.8, 4) is 0 Å². The van der Waals surface area contributed by atoms with Gasteiger partial charge in [0.2, 0.25) is 0 Å². The van der Waals surface area contributed by atoms with Crippen LogP contribution in [0, 0.1) is 5.82 Å². The topological polar surface area (TPSA) is 38.0 Å². The molecule has 3 N–H and O–H groups in total. The first-order valence-electron chi connectivity index (χ1n) is 5.65. The average molecular weight is 277 g/mol. The zero-order valence-corrected chi connectivity index (χ0v) is 11.5. The maximum absolute atomic E-state index is 13.7. The fraction of sp³-hybridized carbons (Fsp3) is 0.500. The molecule has 0 saturated carbocycles. The maximum atomic E-state index is 13.7. The van der Waals surface area contributed by atoms with E-state index in [1.54, 1.807) is 18.2 Å². The Balaban J connectivity index is 2.57. The predicted molar refractivity (Wildman–Crippen MR) is 73.8 cm³/mol. The quantitative estimate of drug-likeness (QED) is 0.457. The number of rotatable bonds is 7. The summed E-state index contributed by atoms with van der Waals surface area (Å²) in [5.41, 5.74) is 3.33. The number of thioether (sulfide) groups is 1. The molecule has 0 spiro atoms. The molecule has 1 aromatic rings. The fourth-order valence-electron chi connectivity index (χ4n) is 1.51. The van der Waals surface area contributed by atoms with Gasteiger partial charge in [-0.1, -0.05) is 30.7 Å². The second kappa shape index (κ2) is 7.93. The van der Waals surface area contributed by atoms with E-state index in [1.165, 1.54) is 0 Å². The molecule has 0 aliphatic rings. The highest BCUT2D eigenvalue weighted by Crippen LogP contribution is 2.19. The van der Waals surface area contributed by atoms with Crippen molar-refractivity contribution in [3.05, 3.63) is 34.6 Å². The van der Waals surface area contributed by atoms with Gasteiger partial charge in [-0.05, 0) is 30.2 Å². The number of hydrazine groups is 1.